The number of hydrogen-bond donors (Lipinski definition) is 0. The summed E-state index contributed by atoms with van der Waals surface area (Å²) in [5, 5.41) is 0. The Morgan fingerprint density at radius 2 is 2.00 bits per heavy atom. The van der Waals surface area contributed by atoms with Crippen LogP contribution in [0.15, 0.2) is 24.8 Å². The van der Waals surface area contributed by atoms with Gasteiger partial charge in [0.25, 0.3) is 0 Å². The molecule has 4 nitrogen and oxygen atoms in total. The van der Waals surface area contributed by atoms with Crippen molar-refractivity contribution in [3.05, 3.63) is 41.7 Å². The van der Waals surface area contributed by atoms with Gasteiger partial charge in [-0.15, -0.1) is 0 Å². The van der Waals surface area contributed by atoms with Crippen molar-refractivity contribution >= 4 is 5.78 Å². The second-order valence-corrected chi connectivity index (χ2v) is 4.35. The first-order valence-electron chi connectivity index (χ1n) is 5.77. The topological polar surface area (TPSA) is 47.8 Å². The molecule has 0 saturated carbocycles. The number of carbonyl (C=O) groups excluding carboxylic acids is 1. The van der Waals surface area contributed by atoms with Gasteiger partial charge in [-0.05, 0) is 25.8 Å². The highest BCUT2D eigenvalue weighted by Gasteiger charge is 2.23. The number of ketones is 1. The third-order valence-electron chi connectivity index (χ3n) is 3.21. The molecular formula is C13H13N3O. The van der Waals surface area contributed by atoms with Gasteiger partial charge in [-0.25, -0.2) is 9.97 Å². The Morgan fingerprint density at radius 1 is 1.24 bits per heavy atom. The van der Waals surface area contributed by atoms with Gasteiger partial charge in [0.05, 0.1) is 18.1 Å². The molecule has 3 rings (SSSR count). The molecule has 4 heteroatoms. The van der Waals surface area contributed by atoms with Crippen molar-refractivity contribution in [2.24, 2.45) is 0 Å². The predicted octanol–water partition coefficient (Wildman–Crippen LogP) is 2.09. The van der Waals surface area contributed by atoms with Gasteiger partial charge < -0.3 is 4.57 Å². The number of rotatable bonds is 1. The lowest BCUT2D eigenvalue weighted by atomic mass is 9.96. The van der Waals surface area contributed by atoms with Crippen LogP contribution in [-0.2, 0) is 6.42 Å². The van der Waals surface area contributed by atoms with Crippen LogP contribution in [-0.4, -0.2) is 20.3 Å². The minimum atomic E-state index is 0.255. The molecule has 0 N–H and O–H groups in total. The van der Waals surface area contributed by atoms with E-state index in [4.69, 9.17) is 0 Å². The summed E-state index contributed by atoms with van der Waals surface area (Å²) < 4.78 is 2.09. The Labute approximate surface area is 99.3 Å². The highest BCUT2D eigenvalue weighted by atomic mass is 16.1. The van der Waals surface area contributed by atoms with Gasteiger partial charge in [0.1, 0.15) is 6.33 Å². The second kappa shape index (κ2) is 3.80. The molecule has 17 heavy (non-hydrogen) atoms. The minimum Gasteiger partial charge on any atom is -0.315 e. The lowest BCUT2D eigenvalue weighted by molar-refractivity contribution is 0.0972. The zero-order valence-electron chi connectivity index (χ0n) is 9.68. The van der Waals surface area contributed by atoms with Gasteiger partial charge in [-0.1, -0.05) is 0 Å². The van der Waals surface area contributed by atoms with Gasteiger partial charge in [0.2, 0.25) is 0 Å². The maximum Gasteiger partial charge on any atom is 0.164 e. The average Bonchev–Trinajstić information content (AvgIpc) is 2.68. The van der Waals surface area contributed by atoms with E-state index in [1.54, 1.807) is 12.4 Å². The summed E-state index contributed by atoms with van der Waals surface area (Å²) in [6.45, 7) is 2.01. The summed E-state index contributed by atoms with van der Waals surface area (Å²) >= 11 is 0. The first kappa shape index (κ1) is 10.2. The van der Waals surface area contributed by atoms with Crippen molar-refractivity contribution in [2.75, 3.05) is 0 Å². The number of hydrogen-bond acceptors (Lipinski definition) is 3. The Kier molecular flexibility index (Phi) is 2.28. The number of fused-ring (bicyclic) bond motifs is 1. The quantitative estimate of drug-likeness (QED) is 0.749. The molecule has 0 amide bonds. The zero-order chi connectivity index (χ0) is 11.8. The van der Waals surface area contributed by atoms with Crippen molar-refractivity contribution < 1.29 is 4.79 Å². The van der Waals surface area contributed by atoms with E-state index in [1.165, 1.54) is 6.33 Å². The van der Waals surface area contributed by atoms with Gasteiger partial charge in [0, 0.05) is 23.4 Å². The lowest BCUT2D eigenvalue weighted by Gasteiger charge is -2.15. The van der Waals surface area contributed by atoms with Crippen molar-refractivity contribution in [1.82, 2.24) is 14.5 Å². The van der Waals surface area contributed by atoms with E-state index >= 15 is 0 Å². The van der Waals surface area contributed by atoms with Crippen molar-refractivity contribution in [2.45, 2.75) is 26.2 Å². The van der Waals surface area contributed by atoms with Gasteiger partial charge in [-0.3, -0.25) is 4.79 Å². The summed E-state index contributed by atoms with van der Waals surface area (Å²) in [5.41, 5.74) is 3.98. The van der Waals surface area contributed by atoms with Crippen LogP contribution in [0, 0.1) is 6.92 Å². The molecule has 0 atom stereocenters. The number of aryl methyl sites for hydroxylation is 1. The van der Waals surface area contributed by atoms with Crippen LogP contribution >= 0.6 is 0 Å². The van der Waals surface area contributed by atoms with E-state index in [9.17, 15) is 4.79 Å². The summed E-state index contributed by atoms with van der Waals surface area (Å²) in [6, 6.07) is 1.98. The van der Waals surface area contributed by atoms with Gasteiger partial charge >= 0.3 is 0 Å². The fourth-order valence-electron chi connectivity index (χ4n) is 2.50. The minimum absolute atomic E-state index is 0.255. The Bertz CT molecular complexity index is 572. The summed E-state index contributed by atoms with van der Waals surface area (Å²) in [7, 11) is 0. The largest absolute Gasteiger partial charge is 0.315 e. The van der Waals surface area contributed by atoms with Crippen molar-refractivity contribution in [1.29, 1.82) is 0 Å². The monoisotopic (exact) mass is 227 g/mol. The van der Waals surface area contributed by atoms with Crippen molar-refractivity contribution in [3.63, 3.8) is 0 Å². The fraction of sp³-hybridized carbons (Fsp3) is 0.308. The van der Waals surface area contributed by atoms with Crippen LogP contribution < -0.4 is 0 Å². The molecule has 1 aliphatic carbocycles. The van der Waals surface area contributed by atoms with E-state index in [1.807, 2.05) is 13.0 Å². The lowest BCUT2D eigenvalue weighted by Crippen LogP contribution is -2.12. The average molecular weight is 227 g/mol. The molecule has 86 valence electrons. The molecule has 2 heterocycles. The molecular weight excluding hydrogens is 214 g/mol. The van der Waals surface area contributed by atoms with E-state index in [-0.39, 0.29) is 5.78 Å². The number of carbonyl (C=O) groups is 1. The van der Waals surface area contributed by atoms with Crippen LogP contribution in [0.4, 0.5) is 0 Å². The molecule has 0 radical (unpaired) electrons. The van der Waals surface area contributed by atoms with E-state index < -0.39 is 0 Å². The predicted molar refractivity (Wildman–Crippen MR) is 63.4 cm³/mol. The molecule has 0 fully saturated rings. The number of nitrogens with zero attached hydrogens (tertiary/aromatic N) is 3. The Morgan fingerprint density at radius 3 is 2.76 bits per heavy atom. The summed E-state index contributed by atoms with van der Waals surface area (Å²) in [4.78, 5) is 19.9. The third kappa shape index (κ3) is 1.56. The van der Waals surface area contributed by atoms with Crippen LogP contribution in [0.1, 0.15) is 34.6 Å². The van der Waals surface area contributed by atoms with Crippen LogP contribution in [0.25, 0.3) is 5.69 Å². The maximum absolute atomic E-state index is 11.8. The van der Waals surface area contributed by atoms with E-state index in [0.717, 1.165) is 35.5 Å². The van der Waals surface area contributed by atoms with Crippen molar-refractivity contribution in [3.8, 4) is 5.69 Å². The molecule has 0 unspecified atom stereocenters. The number of aromatic nitrogens is 3. The molecule has 0 aliphatic heterocycles. The highest BCUT2D eigenvalue weighted by molar-refractivity contribution is 5.98. The van der Waals surface area contributed by atoms with E-state index in [0.29, 0.717) is 6.42 Å². The fourth-order valence-corrected chi connectivity index (χ4v) is 2.50. The van der Waals surface area contributed by atoms with Crippen LogP contribution in [0.5, 0.6) is 0 Å². The van der Waals surface area contributed by atoms with Crippen LogP contribution in [0.2, 0.25) is 0 Å². The number of Topliss-reactive ketones (excluding diaryl/α,β-unsaturated/α-hetero) is 1. The smallest absolute Gasteiger partial charge is 0.164 e. The normalized spacial score (nSPS) is 14.8. The summed E-state index contributed by atoms with van der Waals surface area (Å²) in [6.07, 6.45) is 7.62. The molecule has 1 aliphatic rings. The SMILES string of the molecule is Cc1cc2c(n1-c1cncnc1)CCCC2=O. The van der Waals surface area contributed by atoms with Gasteiger partial charge in [-0.2, -0.15) is 0 Å². The third-order valence-corrected chi connectivity index (χ3v) is 3.21. The molecule has 0 bridgehead atoms. The van der Waals surface area contributed by atoms with Gasteiger partial charge in [0.15, 0.2) is 5.78 Å². The second-order valence-electron chi connectivity index (χ2n) is 4.35. The molecule has 2 aromatic heterocycles. The van der Waals surface area contributed by atoms with E-state index in [2.05, 4.69) is 14.5 Å². The molecule has 0 saturated heterocycles. The molecule has 0 spiro atoms. The summed E-state index contributed by atoms with van der Waals surface area (Å²) in [5.74, 6) is 0.255. The highest BCUT2D eigenvalue weighted by Crippen LogP contribution is 2.27. The molecule has 2 aromatic rings. The molecule has 0 aromatic carbocycles. The Balaban J connectivity index is 2.21. The first-order chi connectivity index (χ1) is 8.27. The zero-order valence-corrected chi connectivity index (χ0v) is 9.68. The van der Waals surface area contributed by atoms with Crippen LogP contribution in [0.3, 0.4) is 0 Å². The standard InChI is InChI=1S/C13H13N3O/c1-9-5-11-12(3-2-4-13(11)17)16(9)10-6-14-8-15-7-10/h5-8H,2-4H2,1H3. The Hall–Kier alpha value is -1.97. The first-order valence-corrected chi connectivity index (χ1v) is 5.77. The maximum atomic E-state index is 11.8.